The average Bonchev–Trinajstić information content (AvgIpc) is 2.78. The van der Waals surface area contributed by atoms with Gasteiger partial charge in [0.1, 0.15) is 0 Å². The number of halogens is 3. The molecule has 1 aromatic heterocycles. The van der Waals surface area contributed by atoms with Gasteiger partial charge in [0.2, 0.25) is 0 Å². The van der Waals surface area contributed by atoms with Crippen molar-refractivity contribution in [1.82, 2.24) is 10.5 Å². The number of fused-ring (bicyclic) bond motifs is 1. The van der Waals surface area contributed by atoms with E-state index in [0.29, 0.717) is 28.2 Å². The number of pyridine rings is 1. The van der Waals surface area contributed by atoms with E-state index in [4.69, 9.17) is 16.4 Å². The molecule has 0 aliphatic heterocycles. The molecule has 0 radical (unpaired) electrons. The highest BCUT2D eigenvalue weighted by molar-refractivity contribution is 6.10. The number of carbonyl (C=O) groups excluding carboxylic acids is 2. The van der Waals surface area contributed by atoms with E-state index in [1.165, 1.54) is 18.2 Å². The molecule has 3 rings (SSSR count). The van der Waals surface area contributed by atoms with Gasteiger partial charge in [-0.25, -0.2) is 5.48 Å². The van der Waals surface area contributed by atoms with Crippen LogP contribution in [-0.2, 0) is 6.18 Å². The van der Waals surface area contributed by atoms with Crippen LogP contribution in [0.2, 0.25) is 0 Å². The molecule has 11 heteroatoms. The summed E-state index contributed by atoms with van der Waals surface area (Å²) in [5, 5.41) is 19.3. The summed E-state index contributed by atoms with van der Waals surface area (Å²) in [4.78, 5) is 29.1. The lowest BCUT2D eigenvalue weighted by Crippen LogP contribution is -2.20. The summed E-state index contributed by atoms with van der Waals surface area (Å²) in [6.07, 6.45) is -2.95. The SMILES string of the molecule is Cc1nc2c(C)cc(NC(=O)c3cc(/C(C=N)=C/N)cc(C(F)(F)F)c3)cc2cc1C(=O)NO. The zero-order valence-electron chi connectivity index (χ0n) is 18.0. The van der Waals surface area contributed by atoms with Gasteiger partial charge < -0.3 is 16.5 Å². The number of benzene rings is 2. The first kappa shape index (κ1) is 24.4. The number of aromatic nitrogens is 1. The highest BCUT2D eigenvalue weighted by atomic mass is 19.4. The molecule has 0 aliphatic carbocycles. The van der Waals surface area contributed by atoms with Crippen LogP contribution in [0.3, 0.4) is 0 Å². The molecule has 3 aromatic rings. The second-order valence-electron chi connectivity index (χ2n) is 7.44. The van der Waals surface area contributed by atoms with Crippen LogP contribution >= 0.6 is 0 Å². The van der Waals surface area contributed by atoms with E-state index in [1.807, 2.05) is 0 Å². The zero-order chi connectivity index (χ0) is 25.2. The fourth-order valence-corrected chi connectivity index (χ4v) is 3.44. The van der Waals surface area contributed by atoms with Crippen molar-refractivity contribution < 1.29 is 28.0 Å². The number of nitrogens with two attached hydrogens (primary N) is 1. The van der Waals surface area contributed by atoms with E-state index in [-0.39, 0.29) is 28.0 Å². The lowest BCUT2D eigenvalue weighted by molar-refractivity contribution is -0.137. The van der Waals surface area contributed by atoms with Gasteiger partial charge in [0.25, 0.3) is 11.8 Å². The van der Waals surface area contributed by atoms with E-state index in [1.54, 1.807) is 25.4 Å². The normalized spacial score (nSPS) is 11.9. The quantitative estimate of drug-likeness (QED) is 0.216. The maximum absolute atomic E-state index is 13.4. The summed E-state index contributed by atoms with van der Waals surface area (Å²) < 4.78 is 40.2. The number of carbonyl (C=O) groups is 2. The van der Waals surface area contributed by atoms with Crippen molar-refractivity contribution in [3.63, 3.8) is 0 Å². The van der Waals surface area contributed by atoms with Crippen LogP contribution in [-0.4, -0.2) is 28.2 Å². The van der Waals surface area contributed by atoms with Crippen molar-refractivity contribution in [2.24, 2.45) is 5.73 Å². The van der Waals surface area contributed by atoms with Gasteiger partial charge in [0.05, 0.1) is 22.3 Å². The topological polar surface area (TPSA) is 141 Å². The van der Waals surface area contributed by atoms with Gasteiger partial charge in [-0.3, -0.25) is 19.8 Å². The van der Waals surface area contributed by atoms with E-state index in [0.717, 1.165) is 18.5 Å². The van der Waals surface area contributed by atoms with Gasteiger partial charge in [0.15, 0.2) is 0 Å². The predicted molar refractivity (Wildman–Crippen MR) is 121 cm³/mol. The number of hydroxylamine groups is 1. The molecule has 176 valence electrons. The summed E-state index contributed by atoms with van der Waals surface area (Å²) in [6.45, 7) is 3.32. The van der Waals surface area contributed by atoms with Gasteiger partial charge in [-0.15, -0.1) is 0 Å². The van der Waals surface area contributed by atoms with Crippen molar-refractivity contribution in [2.75, 3.05) is 5.32 Å². The van der Waals surface area contributed by atoms with Crippen molar-refractivity contribution in [3.8, 4) is 0 Å². The Morgan fingerprint density at radius 2 is 1.74 bits per heavy atom. The molecule has 0 fully saturated rings. The Bertz CT molecular complexity index is 1350. The fraction of sp³-hybridized carbons (Fsp3) is 0.130. The van der Waals surface area contributed by atoms with Crippen LogP contribution in [0.4, 0.5) is 18.9 Å². The van der Waals surface area contributed by atoms with Crippen LogP contribution in [0, 0.1) is 19.3 Å². The Balaban J connectivity index is 2.06. The zero-order valence-corrected chi connectivity index (χ0v) is 18.0. The molecule has 34 heavy (non-hydrogen) atoms. The minimum Gasteiger partial charge on any atom is -0.404 e. The third-order valence-electron chi connectivity index (χ3n) is 5.09. The monoisotopic (exact) mass is 471 g/mol. The molecule has 2 amide bonds. The third kappa shape index (κ3) is 4.89. The second-order valence-corrected chi connectivity index (χ2v) is 7.44. The standard InChI is InChI=1S/C23H20F3N5O3/c1-11-3-18(7-14-8-19(22(33)31-34)12(2)29-20(11)14)30-21(32)15-4-13(16(9-27)10-28)5-17(6-15)23(24,25)26/h3-10,27,34H,28H2,1-2H3,(H,30,32)(H,31,33)/b16-10+,27-9?. The molecular weight excluding hydrogens is 451 g/mol. The van der Waals surface area contributed by atoms with Crippen molar-refractivity contribution in [3.05, 3.63) is 76.1 Å². The maximum atomic E-state index is 13.4. The Hall–Kier alpha value is -4.25. The summed E-state index contributed by atoms with van der Waals surface area (Å²) in [5.74, 6) is -1.58. The first-order valence-electron chi connectivity index (χ1n) is 9.81. The van der Waals surface area contributed by atoms with Gasteiger partial charge in [-0.05, 0) is 61.4 Å². The smallest absolute Gasteiger partial charge is 0.404 e. The fourth-order valence-electron chi connectivity index (χ4n) is 3.44. The Labute approximate surface area is 191 Å². The number of hydrogen-bond acceptors (Lipinski definition) is 6. The highest BCUT2D eigenvalue weighted by Crippen LogP contribution is 2.32. The molecule has 8 nitrogen and oxygen atoms in total. The highest BCUT2D eigenvalue weighted by Gasteiger charge is 2.32. The summed E-state index contributed by atoms with van der Waals surface area (Å²) in [7, 11) is 0. The summed E-state index contributed by atoms with van der Waals surface area (Å²) in [5.41, 5.74) is 7.53. The average molecular weight is 471 g/mol. The molecule has 0 unspecified atom stereocenters. The van der Waals surface area contributed by atoms with Crippen LogP contribution in [0.1, 0.15) is 43.1 Å². The number of aryl methyl sites for hydroxylation is 2. The molecule has 2 aromatic carbocycles. The lowest BCUT2D eigenvalue weighted by Gasteiger charge is -2.14. The number of amides is 2. The van der Waals surface area contributed by atoms with Gasteiger partial charge >= 0.3 is 6.18 Å². The first-order valence-corrected chi connectivity index (χ1v) is 9.81. The second kappa shape index (κ2) is 9.32. The Kier molecular flexibility index (Phi) is 6.68. The molecule has 0 aliphatic rings. The van der Waals surface area contributed by atoms with Gasteiger partial charge in [-0.2, -0.15) is 13.2 Å². The predicted octanol–water partition coefficient (Wildman–Crippen LogP) is 4.19. The molecular formula is C23H20F3N5O3. The number of hydrogen-bond donors (Lipinski definition) is 5. The first-order chi connectivity index (χ1) is 16.0. The van der Waals surface area contributed by atoms with Crippen LogP contribution < -0.4 is 16.5 Å². The third-order valence-corrected chi connectivity index (χ3v) is 5.09. The van der Waals surface area contributed by atoms with E-state index in [2.05, 4.69) is 10.3 Å². The molecule has 0 atom stereocenters. The van der Waals surface area contributed by atoms with Crippen molar-refractivity contribution >= 4 is 40.2 Å². The number of nitrogens with zero attached hydrogens (tertiary/aromatic N) is 1. The molecule has 0 bridgehead atoms. The van der Waals surface area contributed by atoms with Gasteiger partial charge in [0, 0.05) is 34.6 Å². The van der Waals surface area contributed by atoms with Crippen molar-refractivity contribution in [1.29, 1.82) is 5.41 Å². The maximum Gasteiger partial charge on any atom is 0.416 e. The van der Waals surface area contributed by atoms with E-state index in [9.17, 15) is 22.8 Å². The molecule has 0 saturated heterocycles. The minimum atomic E-state index is -4.72. The largest absolute Gasteiger partial charge is 0.416 e. The molecule has 1 heterocycles. The molecule has 0 spiro atoms. The van der Waals surface area contributed by atoms with E-state index >= 15 is 0 Å². The number of alkyl halides is 3. The van der Waals surface area contributed by atoms with Crippen LogP contribution in [0.15, 0.2) is 42.6 Å². The Morgan fingerprint density at radius 1 is 1.06 bits per heavy atom. The lowest BCUT2D eigenvalue weighted by atomic mass is 9.99. The Morgan fingerprint density at radius 3 is 2.32 bits per heavy atom. The number of allylic oxidation sites excluding steroid dienone is 1. The van der Waals surface area contributed by atoms with Crippen LogP contribution in [0.5, 0.6) is 0 Å². The summed E-state index contributed by atoms with van der Waals surface area (Å²) in [6, 6.07) is 7.31. The minimum absolute atomic E-state index is 0.0119. The van der Waals surface area contributed by atoms with E-state index < -0.39 is 23.6 Å². The van der Waals surface area contributed by atoms with Gasteiger partial charge in [-0.1, -0.05) is 0 Å². The van der Waals surface area contributed by atoms with Crippen molar-refractivity contribution in [2.45, 2.75) is 20.0 Å². The number of anilines is 1. The molecule has 0 saturated carbocycles. The van der Waals surface area contributed by atoms with Crippen LogP contribution in [0.25, 0.3) is 16.5 Å². The summed E-state index contributed by atoms with van der Waals surface area (Å²) >= 11 is 0. The molecule has 6 N–H and O–H groups in total. The number of rotatable bonds is 5. The number of nitrogens with one attached hydrogen (secondary N) is 3.